The molecule has 2 heterocycles. The van der Waals surface area contributed by atoms with Crippen molar-refractivity contribution in [3.63, 3.8) is 0 Å². The lowest BCUT2D eigenvalue weighted by molar-refractivity contribution is 0.0310. The zero-order valence-electron chi connectivity index (χ0n) is 15.6. The number of hydrogen-bond donors (Lipinski definition) is 2. The van der Waals surface area contributed by atoms with E-state index < -0.39 is 0 Å². The molecule has 2 aromatic rings. The summed E-state index contributed by atoms with van der Waals surface area (Å²) in [5.41, 5.74) is 2.56. The van der Waals surface area contributed by atoms with E-state index in [1.807, 2.05) is 42.5 Å². The summed E-state index contributed by atoms with van der Waals surface area (Å²) >= 11 is 0. The van der Waals surface area contributed by atoms with E-state index in [9.17, 15) is 9.90 Å². The molecule has 3 atom stereocenters. The molecule has 0 aliphatic carbocycles. The number of hydrogen-bond acceptors (Lipinski definition) is 4. The largest absolute Gasteiger partial charge is 0.497 e. The summed E-state index contributed by atoms with van der Waals surface area (Å²) < 4.78 is 5.19. The minimum atomic E-state index is -0.138. The Morgan fingerprint density at radius 1 is 1.15 bits per heavy atom. The van der Waals surface area contributed by atoms with Crippen LogP contribution in [0.2, 0.25) is 0 Å². The van der Waals surface area contributed by atoms with Crippen molar-refractivity contribution >= 4 is 11.6 Å². The number of rotatable bonds is 5. The zero-order valence-corrected chi connectivity index (χ0v) is 15.6. The van der Waals surface area contributed by atoms with Crippen LogP contribution in [-0.2, 0) is 6.54 Å². The van der Waals surface area contributed by atoms with Crippen molar-refractivity contribution in [3.05, 3.63) is 59.7 Å². The van der Waals surface area contributed by atoms with Gasteiger partial charge in [0.2, 0.25) is 0 Å². The molecule has 2 fully saturated rings. The molecular weight excluding hydrogens is 340 g/mol. The molecule has 1 amide bonds. The Kier molecular flexibility index (Phi) is 5.14. The predicted molar refractivity (Wildman–Crippen MR) is 105 cm³/mol. The molecule has 2 saturated heterocycles. The van der Waals surface area contributed by atoms with E-state index in [4.69, 9.17) is 4.74 Å². The first-order chi connectivity index (χ1) is 13.1. The maximum absolute atomic E-state index is 12.5. The SMILES string of the molecule is COc1cccc(NC(=O)c2ccc(CN3[C@@H]4CC[C@H]3CC(O)C4)cc2)c1. The number of carbonyl (C=O) groups excluding carboxylic acids is 1. The number of aliphatic hydroxyl groups excluding tert-OH is 1. The maximum atomic E-state index is 12.5. The second-order valence-corrected chi connectivity index (χ2v) is 7.57. The molecule has 0 spiro atoms. The van der Waals surface area contributed by atoms with Crippen LogP contribution < -0.4 is 10.1 Å². The molecule has 2 aromatic carbocycles. The molecule has 2 N–H and O–H groups in total. The van der Waals surface area contributed by atoms with Crippen LogP contribution in [-0.4, -0.2) is 41.2 Å². The van der Waals surface area contributed by atoms with Crippen molar-refractivity contribution in [2.75, 3.05) is 12.4 Å². The van der Waals surface area contributed by atoms with Gasteiger partial charge in [-0.3, -0.25) is 9.69 Å². The first kappa shape index (κ1) is 18.0. The molecule has 0 aromatic heterocycles. The van der Waals surface area contributed by atoms with Gasteiger partial charge in [0.05, 0.1) is 13.2 Å². The maximum Gasteiger partial charge on any atom is 0.255 e. The van der Waals surface area contributed by atoms with Crippen molar-refractivity contribution in [1.82, 2.24) is 4.90 Å². The highest BCUT2D eigenvalue weighted by Gasteiger charge is 2.39. The van der Waals surface area contributed by atoms with Crippen LogP contribution in [0.5, 0.6) is 5.75 Å². The van der Waals surface area contributed by atoms with Gasteiger partial charge in [0.15, 0.2) is 0 Å². The summed E-state index contributed by atoms with van der Waals surface area (Å²) in [4.78, 5) is 15.0. The van der Waals surface area contributed by atoms with Gasteiger partial charge in [0, 0.05) is 35.9 Å². The lowest BCUT2D eigenvalue weighted by Crippen LogP contribution is -2.44. The number of benzene rings is 2. The first-order valence-corrected chi connectivity index (χ1v) is 9.60. The quantitative estimate of drug-likeness (QED) is 0.851. The molecule has 1 unspecified atom stereocenters. The number of amides is 1. The third kappa shape index (κ3) is 3.99. The predicted octanol–water partition coefficient (Wildman–Crippen LogP) is 3.44. The van der Waals surface area contributed by atoms with Crippen molar-refractivity contribution in [2.24, 2.45) is 0 Å². The summed E-state index contributed by atoms with van der Waals surface area (Å²) in [7, 11) is 1.61. The Bertz CT molecular complexity index is 791. The average Bonchev–Trinajstić information content (AvgIpc) is 2.91. The molecular formula is C22H26N2O3. The standard InChI is InChI=1S/C22H26N2O3/c1-27-21-4-2-3-17(11-21)23-22(26)16-7-5-15(6-8-16)14-24-18-9-10-19(24)13-20(25)12-18/h2-8,11,18-20,25H,9-10,12-14H2,1H3,(H,23,26)/t18-,19+,20?. The number of ether oxygens (including phenoxy) is 1. The number of nitrogens with one attached hydrogen (secondary N) is 1. The van der Waals surface area contributed by atoms with Gasteiger partial charge in [0.1, 0.15) is 5.75 Å². The van der Waals surface area contributed by atoms with Crippen LogP contribution in [0.15, 0.2) is 48.5 Å². The van der Waals surface area contributed by atoms with Crippen LogP contribution in [0.25, 0.3) is 0 Å². The molecule has 5 heteroatoms. The van der Waals surface area contributed by atoms with E-state index in [1.54, 1.807) is 13.2 Å². The average molecular weight is 366 g/mol. The van der Waals surface area contributed by atoms with Gasteiger partial charge in [-0.15, -0.1) is 0 Å². The van der Waals surface area contributed by atoms with Gasteiger partial charge >= 0.3 is 0 Å². The van der Waals surface area contributed by atoms with Crippen molar-refractivity contribution in [2.45, 2.75) is 50.4 Å². The fourth-order valence-electron chi connectivity index (χ4n) is 4.38. The van der Waals surface area contributed by atoms with Crippen LogP contribution in [0.3, 0.4) is 0 Å². The van der Waals surface area contributed by atoms with Crippen LogP contribution >= 0.6 is 0 Å². The number of anilines is 1. The number of nitrogens with zero attached hydrogens (tertiary/aromatic N) is 1. The van der Waals surface area contributed by atoms with Crippen molar-refractivity contribution in [3.8, 4) is 5.75 Å². The Hall–Kier alpha value is -2.37. The number of fused-ring (bicyclic) bond motifs is 2. The molecule has 4 rings (SSSR count). The number of aliphatic hydroxyl groups is 1. The Morgan fingerprint density at radius 2 is 1.85 bits per heavy atom. The molecule has 5 nitrogen and oxygen atoms in total. The summed E-state index contributed by atoms with van der Waals surface area (Å²) in [5, 5.41) is 12.9. The topological polar surface area (TPSA) is 61.8 Å². The molecule has 2 bridgehead atoms. The normalized spacial score (nSPS) is 24.6. The van der Waals surface area contributed by atoms with E-state index in [2.05, 4.69) is 10.2 Å². The van der Waals surface area contributed by atoms with E-state index in [-0.39, 0.29) is 12.0 Å². The van der Waals surface area contributed by atoms with E-state index >= 15 is 0 Å². The Balaban J connectivity index is 1.39. The number of carbonyl (C=O) groups is 1. The number of piperidine rings is 1. The molecule has 0 saturated carbocycles. The summed E-state index contributed by atoms with van der Waals surface area (Å²) in [6, 6.07) is 16.2. The lowest BCUT2D eigenvalue weighted by Gasteiger charge is -2.37. The van der Waals surface area contributed by atoms with E-state index in [0.717, 1.165) is 19.4 Å². The van der Waals surface area contributed by atoms with Crippen LogP contribution in [0, 0.1) is 0 Å². The Labute approximate surface area is 160 Å². The smallest absolute Gasteiger partial charge is 0.255 e. The van der Waals surface area contributed by atoms with E-state index in [0.29, 0.717) is 29.1 Å². The second kappa shape index (κ2) is 7.71. The summed E-state index contributed by atoms with van der Waals surface area (Å²) in [6.07, 6.45) is 4.00. The molecule has 2 aliphatic rings. The van der Waals surface area contributed by atoms with E-state index in [1.165, 1.54) is 18.4 Å². The fraction of sp³-hybridized carbons (Fsp3) is 0.409. The number of methoxy groups -OCH3 is 1. The highest BCUT2D eigenvalue weighted by atomic mass is 16.5. The molecule has 2 aliphatic heterocycles. The summed E-state index contributed by atoms with van der Waals surface area (Å²) in [5.74, 6) is 0.584. The highest BCUT2D eigenvalue weighted by molar-refractivity contribution is 6.04. The van der Waals surface area contributed by atoms with Gasteiger partial charge in [-0.05, 0) is 55.5 Å². The monoisotopic (exact) mass is 366 g/mol. The van der Waals surface area contributed by atoms with Crippen molar-refractivity contribution < 1.29 is 14.6 Å². The third-order valence-electron chi connectivity index (χ3n) is 5.77. The van der Waals surface area contributed by atoms with Gasteiger partial charge in [-0.2, -0.15) is 0 Å². The highest BCUT2D eigenvalue weighted by Crippen LogP contribution is 2.36. The Morgan fingerprint density at radius 3 is 2.52 bits per heavy atom. The third-order valence-corrected chi connectivity index (χ3v) is 5.77. The minimum absolute atomic E-state index is 0.129. The van der Waals surface area contributed by atoms with Gasteiger partial charge < -0.3 is 15.2 Å². The first-order valence-electron chi connectivity index (χ1n) is 9.60. The van der Waals surface area contributed by atoms with Gasteiger partial charge in [0.25, 0.3) is 5.91 Å². The minimum Gasteiger partial charge on any atom is -0.497 e. The molecule has 0 radical (unpaired) electrons. The molecule has 142 valence electrons. The second-order valence-electron chi connectivity index (χ2n) is 7.57. The van der Waals surface area contributed by atoms with Gasteiger partial charge in [-0.25, -0.2) is 0 Å². The van der Waals surface area contributed by atoms with Crippen LogP contribution in [0.1, 0.15) is 41.6 Å². The fourth-order valence-corrected chi connectivity index (χ4v) is 4.38. The summed E-state index contributed by atoms with van der Waals surface area (Å²) in [6.45, 7) is 0.889. The molecule has 27 heavy (non-hydrogen) atoms. The lowest BCUT2D eigenvalue weighted by atomic mass is 9.99. The van der Waals surface area contributed by atoms with Gasteiger partial charge in [-0.1, -0.05) is 18.2 Å². The van der Waals surface area contributed by atoms with Crippen molar-refractivity contribution in [1.29, 1.82) is 0 Å². The van der Waals surface area contributed by atoms with Crippen LogP contribution in [0.4, 0.5) is 5.69 Å². The zero-order chi connectivity index (χ0) is 18.8.